The van der Waals surface area contributed by atoms with Crippen molar-refractivity contribution in [3.8, 4) is 17.0 Å². The minimum atomic E-state index is -0.571. The minimum absolute atomic E-state index is 0.00576. The van der Waals surface area contributed by atoms with E-state index in [4.69, 9.17) is 15.2 Å². The molecule has 6 aliphatic rings. The van der Waals surface area contributed by atoms with Gasteiger partial charge in [0.05, 0.1) is 47.5 Å². The van der Waals surface area contributed by atoms with Crippen LogP contribution in [0.1, 0.15) is 51.0 Å². The van der Waals surface area contributed by atoms with Gasteiger partial charge in [-0.25, -0.2) is 9.18 Å². The van der Waals surface area contributed by atoms with Crippen molar-refractivity contribution < 1.29 is 28.6 Å². The Hall–Kier alpha value is -5.97. The van der Waals surface area contributed by atoms with Gasteiger partial charge in [-0.15, -0.1) is 10.2 Å². The van der Waals surface area contributed by atoms with Gasteiger partial charge >= 0.3 is 6.03 Å². The molecule has 0 aliphatic carbocycles. The minimum Gasteiger partial charge on any atom is -0.507 e. The zero-order valence-electron chi connectivity index (χ0n) is 35.9. The molecule has 64 heavy (non-hydrogen) atoms. The number of nitrogen functional groups attached to an aromatic ring is 1. The van der Waals surface area contributed by atoms with Crippen LogP contribution in [0.4, 0.5) is 37.8 Å². The van der Waals surface area contributed by atoms with Crippen molar-refractivity contribution in [1.29, 1.82) is 0 Å². The number of carbonyl (C=O) groups is 2. The molecule has 8 heterocycles. The zero-order chi connectivity index (χ0) is 43.5. The van der Waals surface area contributed by atoms with Crippen molar-refractivity contribution >= 4 is 51.4 Å². The number of nitrogens with two attached hydrogens (primary N) is 1. The van der Waals surface area contributed by atoms with Crippen LogP contribution in [0.5, 0.6) is 5.75 Å². The fraction of sp³-hybridized carbons (Fsp3) is 0.458. The average molecular weight is 871 g/mol. The van der Waals surface area contributed by atoms with Crippen LogP contribution >= 0.6 is 0 Å². The lowest BCUT2D eigenvalue weighted by molar-refractivity contribution is -0.295. The van der Waals surface area contributed by atoms with E-state index in [0.717, 1.165) is 112 Å². The quantitative estimate of drug-likeness (QED) is 0.164. The molecule has 3 aromatic carbocycles. The molecule has 2 atom stereocenters. The highest BCUT2D eigenvalue weighted by Gasteiger charge is 2.43. The van der Waals surface area contributed by atoms with Gasteiger partial charge in [-0.3, -0.25) is 15.0 Å². The molecule has 1 spiro atoms. The summed E-state index contributed by atoms with van der Waals surface area (Å²) in [5, 5.41) is 22.4. The zero-order valence-corrected chi connectivity index (χ0v) is 35.9. The Labute approximate surface area is 371 Å². The van der Waals surface area contributed by atoms with E-state index < -0.39 is 5.79 Å². The number of para-hydroxylation sites is 1. The molecule has 15 nitrogen and oxygen atoms in total. The van der Waals surface area contributed by atoms with Crippen molar-refractivity contribution in [2.45, 2.75) is 68.9 Å². The highest BCUT2D eigenvalue weighted by molar-refractivity contribution is 6.09. The van der Waals surface area contributed by atoms with Crippen molar-refractivity contribution in [3.05, 3.63) is 84.8 Å². The standard InChI is InChI=1S/C48H55FN10O5/c49-38-11-10-32(59-33-8-9-34(59)28-56(27-33)43-25-39(52-53-46(43)50)36-4-1-2-7-44(36)60)24-42(38)55-18-12-31(13-19-55)26-54-22-16-48(17-23-54)63-29-35(30-64-48)57-20-14-37-40(57)5-3-6-41(37)58-21-15-45(61)51-47(58)62/h1-7,10-11,14,20,24-25,31,33-35,60H,8-9,12-13,15-19,21-23,26-30H2,(H2,50,53)(H,51,61,62). The molecular formula is C48H55FN10O5. The second kappa shape index (κ2) is 16.5. The third-order valence-corrected chi connectivity index (χ3v) is 14.7. The Balaban J connectivity index is 0.671. The molecule has 6 saturated heterocycles. The molecule has 5 aromatic rings. The van der Waals surface area contributed by atoms with E-state index in [2.05, 4.69) is 51.8 Å². The van der Waals surface area contributed by atoms with Crippen LogP contribution in [0.15, 0.2) is 79.0 Å². The van der Waals surface area contributed by atoms with Crippen LogP contribution in [0.2, 0.25) is 0 Å². The Morgan fingerprint density at radius 1 is 0.797 bits per heavy atom. The van der Waals surface area contributed by atoms with Gasteiger partial charge in [-0.05, 0) is 86.2 Å². The van der Waals surface area contributed by atoms with E-state index in [1.165, 1.54) is 0 Å². The van der Waals surface area contributed by atoms with Gasteiger partial charge in [0, 0.05) is 107 Å². The first-order valence-corrected chi connectivity index (χ1v) is 22.9. The second-order valence-corrected chi connectivity index (χ2v) is 18.5. The number of nitrogens with zero attached hydrogens (tertiary/aromatic N) is 8. The van der Waals surface area contributed by atoms with Gasteiger partial charge in [-0.1, -0.05) is 18.2 Å². The monoisotopic (exact) mass is 870 g/mol. The first-order chi connectivity index (χ1) is 31.2. The first-order valence-electron chi connectivity index (χ1n) is 22.9. The number of piperidine rings is 2. The smallest absolute Gasteiger partial charge is 0.328 e. The average Bonchev–Trinajstić information content (AvgIpc) is 3.86. The summed E-state index contributed by atoms with van der Waals surface area (Å²) in [6.45, 7) is 7.47. The molecule has 16 heteroatoms. The predicted molar refractivity (Wildman–Crippen MR) is 243 cm³/mol. The maximum atomic E-state index is 15.6. The number of fused-ring (bicyclic) bond motifs is 3. The maximum Gasteiger partial charge on any atom is 0.328 e. The van der Waals surface area contributed by atoms with Gasteiger partial charge in [0.1, 0.15) is 11.6 Å². The number of carbonyl (C=O) groups excluding carboxylic acids is 2. The third-order valence-electron chi connectivity index (χ3n) is 14.7. The van der Waals surface area contributed by atoms with Crippen LogP contribution in [0, 0.1) is 11.7 Å². The molecule has 6 fully saturated rings. The number of rotatable bonds is 8. The number of likely N-dealkylation sites (tertiary alicyclic amines) is 1. The number of piperazine rings is 1. The number of aromatic hydroxyl groups is 1. The highest BCUT2D eigenvalue weighted by atomic mass is 19.1. The third kappa shape index (κ3) is 7.54. The van der Waals surface area contributed by atoms with Crippen molar-refractivity contribution in [2.75, 3.05) is 90.9 Å². The number of aromatic nitrogens is 3. The molecule has 2 bridgehead atoms. The summed E-state index contributed by atoms with van der Waals surface area (Å²) in [6.07, 6.45) is 8.07. The number of phenols is 1. The molecule has 2 aromatic heterocycles. The highest BCUT2D eigenvalue weighted by Crippen LogP contribution is 2.42. The molecule has 3 amide bonds. The number of urea groups is 1. The molecule has 0 saturated carbocycles. The van der Waals surface area contributed by atoms with E-state index in [1.807, 2.05) is 48.7 Å². The number of hydrogen-bond donors (Lipinski definition) is 3. The summed E-state index contributed by atoms with van der Waals surface area (Å²) in [5.41, 5.74) is 12.0. The van der Waals surface area contributed by atoms with E-state index in [0.29, 0.717) is 48.4 Å². The summed E-state index contributed by atoms with van der Waals surface area (Å²) in [7, 11) is 0. The van der Waals surface area contributed by atoms with Crippen LogP contribution in [0.25, 0.3) is 22.2 Å². The van der Waals surface area contributed by atoms with Gasteiger partial charge in [0.25, 0.3) is 0 Å². The number of imide groups is 1. The lowest BCUT2D eigenvalue weighted by Crippen LogP contribution is -2.54. The molecule has 11 rings (SSSR count). The number of phenolic OH excluding ortho intramolecular Hbond substituents is 1. The van der Waals surface area contributed by atoms with E-state index in [1.54, 1.807) is 23.1 Å². The van der Waals surface area contributed by atoms with Gasteiger partial charge in [0.15, 0.2) is 11.6 Å². The van der Waals surface area contributed by atoms with E-state index in [9.17, 15) is 14.7 Å². The van der Waals surface area contributed by atoms with Gasteiger partial charge in [-0.2, -0.15) is 0 Å². The molecule has 0 radical (unpaired) electrons. The molecule has 2 unspecified atom stereocenters. The predicted octanol–water partition coefficient (Wildman–Crippen LogP) is 6.13. The Bertz CT molecular complexity index is 2550. The molecule has 334 valence electrons. The summed E-state index contributed by atoms with van der Waals surface area (Å²) in [5.74, 6) is 0.0816. The summed E-state index contributed by atoms with van der Waals surface area (Å²) in [6, 6.07) is 22.8. The van der Waals surface area contributed by atoms with E-state index in [-0.39, 0.29) is 48.1 Å². The number of anilines is 5. The number of hydrogen-bond acceptors (Lipinski definition) is 12. The van der Waals surface area contributed by atoms with Crippen LogP contribution < -0.4 is 30.7 Å². The number of halogens is 1. The van der Waals surface area contributed by atoms with Crippen molar-refractivity contribution in [3.63, 3.8) is 0 Å². The summed E-state index contributed by atoms with van der Waals surface area (Å²) >= 11 is 0. The number of benzene rings is 3. The topological polar surface area (TPSA) is 158 Å². The van der Waals surface area contributed by atoms with Crippen LogP contribution in [0.3, 0.4) is 0 Å². The number of nitrogens with one attached hydrogen (secondary N) is 1. The second-order valence-electron chi connectivity index (χ2n) is 18.5. The van der Waals surface area contributed by atoms with Gasteiger partial charge < -0.3 is 44.5 Å². The van der Waals surface area contributed by atoms with Crippen molar-refractivity contribution in [1.82, 2.24) is 25.0 Å². The first kappa shape index (κ1) is 40.8. The number of amides is 3. The van der Waals surface area contributed by atoms with Gasteiger partial charge in [0.2, 0.25) is 5.91 Å². The molecule has 6 aliphatic heterocycles. The SMILES string of the molecule is Nc1nnc(-c2ccccc2O)cc1N1CC2CCC(C1)N2c1ccc(F)c(N2CCC(CN3CCC4(CC3)OCC(n3ccc5c(N6CCC(=O)NC6=O)cccc53)CO4)CC2)c1. The number of ether oxygens (including phenoxy) is 2. The Morgan fingerprint density at radius 3 is 2.31 bits per heavy atom. The molecular weight excluding hydrogens is 816 g/mol. The Morgan fingerprint density at radius 2 is 1.56 bits per heavy atom. The lowest BCUT2D eigenvalue weighted by Gasteiger charge is -2.46. The van der Waals surface area contributed by atoms with Crippen LogP contribution in [-0.4, -0.2) is 120 Å². The maximum absolute atomic E-state index is 15.6. The largest absolute Gasteiger partial charge is 0.507 e. The van der Waals surface area contributed by atoms with Crippen LogP contribution in [-0.2, 0) is 14.3 Å². The summed E-state index contributed by atoms with van der Waals surface area (Å²) in [4.78, 5) is 35.6. The lowest BCUT2D eigenvalue weighted by atomic mass is 9.94. The van der Waals surface area contributed by atoms with Crippen molar-refractivity contribution in [2.24, 2.45) is 5.92 Å². The normalized spacial score (nSPS) is 23.4. The fourth-order valence-electron chi connectivity index (χ4n) is 11.2. The van der Waals surface area contributed by atoms with E-state index >= 15 is 4.39 Å². The Kier molecular flexibility index (Phi) is 10.5. The molecule has 4 N–H and O–H groups in total. The fourth-order valence-corrected chi connectivity index (χ4v) is 11.2. The summed E-state index contributed by atoms with van der Waals surface area (Å²) < 4.78 is 30.9.